The summed E-state index contributed by atoms with van der Waals surface area (Å²) in [5, 5.41) is 0.248. The van der Waals surface area contributed by atoms with Crippen LogP contribution in [0.15, 0.2) is 33.2 Å². The third kappa shape index (κ3) is 4.61. The topological polar surface area (TPSA) is 52.6 Å². The van der Waals surface area contributed by atoms with E-state index >= 15 is 0 Å². The number of ether oxygens (including phenoxy) is 2. The number of esters is 2. The Balaban J connectivity index is 2.81. The van der Waals surface area contributed by atoms with Gasteiger partial charge in [-0.15, -0.1) is 0 Å². The van der Waals surface area contributed by atoms with Crippen molar-refractivity contribution in [2.24, 2.45) is 0 Å². The van der Waals surface area contributed by atoms with Crippen LogP contribution in [0.4, 0.5) is 0 Å². The molecule has 0 amide bonds. The van der Waals surface area contributed by atoms with Gasteiger partial charge in [-0.3, -0.25) is 0 Å². The van der Waals surface area contributed by atoms with Gasteiger partial charge in [-0.05, 0) is 41.9 Å². The van der Waals surface area contributed by atoms with Crippen molar-refractivity contribution < 1.29 is 19.1 Å². The van der Waals surface area contributed by atoms with Crippen molar-refractivity contribution in [1.82, 2.24) is 0 Å². The summed E-state index contributed by atoms with van der Waals surface area (Å²) in [4.78, 5) is 23.2. The average molecular weight is 426 g/mol. The van der Waals surface area contributed by atoms with Crippen molar-refractivity contribution in [3.8, 4) is 5.75 Å². The van der Waals surface area contributed by atoms with Crippen LogP contribution in [0.2, 0.25) is 5.02 Å². The smallest absolute Gasteiger partial charge is 0.352 e. The van der Waals surface area contributed by atoms with E-state index in [4.69, 9.17) is 21.1 Å². The summed E-state index contributed by atoms with van der Waals surface area (Å²) in [7, 11) is 0. The lowest BCUT2D eigenvalue weighted by atomic mass is 10.3. The standard InChI is InChI=1S/C13H11Br2ClO4/c1-6(2)12(17)19-7(3)13(18)20-11-9(15)4-8(14)5-10(11)16/h4-5,7H,1H2,2-3H3. The Labute approximate surface area is 138 Å². The largest absolute Gasteiger partial charge is 0.447 e. The Bertz CT molecular complexity index is 548. The molecule has 1 rings (SSSR count). The molecular formula is C13H11Br2ClO4. The molecule has 0 fully saturated rings. The van der Waals surface area contributed by atoms with E-state index in [0.29, 0.717) is 4.47 Å². The summed E-state index contributed by atoms with van der Waals surface area (Å²) in [6.45, 7) is 6.32. The van der Waals surface area contributed by atoms with Gasteiger partial charge < -0.3 is 9.47 Å². The molecule has 7 heteroatoms. The highest BCUT2D eigenvalue weighted by Gasteiger charge is 2.22. The average Bonchev–Trinajstić information content (AvgIpc) is 2.32. The van der Waals surface area contributed by atoms with E-state index in [-0.39, 0.29) is 16.3 Å². The molecular weight excluding hydrogens is 415 g/mol. The van der Waals surface area contributed by atoms with Crippen LogP contribution in [0.1, 0.15) is 13.8 Å². The lowest BCUT2D eigenvalue weighted by molar-refractivity contribution is -0.158. The van der Waals surface area contributed by atoms with Crippen LogP contribution in [-0.2, 0) is 14.3 Å². The fourth-order valence-electron chi connectivity index (χ4n) is 1.12. The maximum Gasteiger partial charge on any atom is 0.352 e. The van der Waals surface area contributed by atoms with Crippen LogP contribution in [-0.4, -0.2) is 18.0 Å². The Morgan fingerprint density at radius 3 is 2.45 bits per heavy atom. The first-order chi connectivity index (χ1) is 9.22. The van der Waals surface area contributed by atoms with Crippen LogP contribution < -0.4 is 4.74 Å². The molecule has 20 heavy (non-hydrogen) atoms. The van der Waals surface area contributed by atoms with E-state index in [0.717, 1.165) is 4.47 Å². The number of benzene rings is 1. The van der Waals surface area contributed by atoms with E-state index in [1.165, 1.54) is 13.8 Å². The summed E-state index contributed by atoms with van der Waals surface area (Å²) in [5.74, 6) is -1.22. The molecule has 0 aliphatic heterocycles. The second-order valence-corrected chi connectivity index (χ2v) is 6.12. The fourth-order valence-corrected chi connectivity index (χ4v) is 2.93. The first-order valence-corrected chi connectivity index (χ1v) is 7.41. The zero-order chi connectivity index (χ0) is 15.4. The molecule has 0 N–H and O–H groups in total. The van der Waals surface area contributed by atoms with E-state index in [9.17, 15) is 9.59 Å². The van der Waals surface area contributed by atoms with E-state index in [1.54, 1.807) is 12.1 Å². The molecule has 0 heterocycles. The van der Waals surface area contributed by atoms with Gasteiger partial charge in [0.2, 0.25) is 0 Å². The minimum Gasteiger partial charge on any atom is -0.447 e. The molecule has 1 unspecified atom stereocenters. The van der Waals surface area contributed by atoms with E-state index < -0.39 is 18.0 Å². The SMILES string of the molecule is C=C(C)C(=O)OC(C)C(=O)Oc1c(Cl)cc(Br)cc1Br. The van der Waals surface area contributed by atoms with Crippen molar-refractivity contribution in [2.45, 2.75) is 20.0 Å². The lowest BCUT2D eigenvalue weighted by Crippen LogP contribution is -2.28. The molecule has 1 aromatic carbocycles. The van der Waals surface area contributed by atoms with Crippen LogP contribution in [0, 0.1) is 0 Å². The molecule has 0 saturated heterocycles. The first kappa shape index (κ1) is 17.2. The highest BCUT2D eigenvalue weighted by atomic mass is 79.9. The summed E-state index contributed by atoms with van der Waals surface area (Å²) in [5.41, 5.74) is 0.201. The molecule has 0 aliphatic carbocycles. The van der Waals surface area contributed by atoms with Gasteiger partial charge in [0.1, 0.15) is 0 Å². The quantitative estimate of drug-likeness (QED) is 0.410. The van der Waals surface area contributed by atoms with Gasteiger partial charge in [-0.1, -0.05) is 34.1 Å². The molecule has 0 radical (unpaired) electrons. The fraction of sp³-hybridized carbons (Fsp3) is 0.231. The molecule has 4 nitrogen and oxygen atoms in total. The number of rotatable bonds is 4. The highest BCUT2D eigenvalue weighted by Crippen LogP contribution is 2.36. The maximum absolute atomic E-state index is 11.8. The van der Waals surface area contributed by atoms with Gasteiger partial charge in [0.15, 0.2) is 11.9 Å². The monoisotopic (exact) mass is 424 g/mol. The first-order valence-electron chi connectivity index (χ1n) is 5.45. The van der Waals surface area contributed by atoms with Crippen molar-refractivity contribution in [3.63, 3.8) is 0 Å². The van der Waals surface area contributed by atoms with Gasteiger partial charge in [0, 0.05) is 10.0 Å². The van der Waals surface area contributed by atoms with Crippen molar-refractivity contribution in [3.05, 3.63) is 38.3 Å². The Kier molecular flexibility index (Phi) is 6.23. The molecule has 1 atom stereocenters. The van der Waals surface area contributed by atoms with Crippen LogP contribution >= 0.6 is 43.5 Å². The zero-order valence-electron chi connectivity index (χ0n) is 10.7. The zero-order valence-corrected chi connectivity index (χ0v) is 14.6. The number of carbonyl (C=O) groups excluding carboxylic acids is 2. The molecule has 0 saturated carbocycles. The second-order valence-electron chi connectivity index (χ2n) is 3.95. The van der Waals surface area contributed by atoms with E-state index in [1.807, 2.05) is 0 Å². The Morgan fingerprint density at radius 2 is 1.95 bits per heavy atom. The predicted octanol–water partition coefficient (Wildman–Crippen LogP) is 4.28. The van der Waals surface area contributed by atoms with Crippen LogP contribution in [0.25, 0.3) is 0 Å². The molecule has 0 aromatic heterocycles. The maximum atomic E-state index is 11.8. The van der Waals surface area contributed by atoms with Gasteiger partial charge in [-0.2, -0.15) is 0 Å². The van der Waals surface area contributed by atoms with Crippen LogP contribution in [0.5, 0.6) is 5.75 Å². The summed E-state index contributed by atoms with van der Waals surface area (Å²) >= 11 is 12.5. The molecule has 108 valence electrons. The molecule has 1 aromatic rings. The lowest BCUT2D eigenvalue weighted by Gasteiger charge is -2.14. The van der Waals surface area contributed by atoms with Gasteiger partial charge >= 0.3 is 11.9 Å². The summed E-state index contributed by atoms with van der Waals surface area (Å²) < 4.78 is 11.2. The number of halogens is 3. The highest BCUT2D eigenvalue weighted by molar-refractivity contribution is 9.11. The molecule has 0 bridgehead atoms. The van der Waals surface area contributed by atoms with Crippen molar-refractivity contribution in [2.75, 3.05) is 0 Å². The Morgan fingerprint density at radius 1 is 1.35 bits per heavy atom. The summed E-state index contributed by atoms with van der Waals surface area (Å²) in [6.07, 6.45) is -1.06. The third-order valence-electron chi connectivity index (χ3n) is 2.13. The molecule has 0 aliphatic rings. The van der Waals surface area contributed by atoms with E-state index in [2.05, 4.69) is 38.4 Å². The Hall–Kier alpha value is -0.850. The van der Waals surface area contributed by atoms with Gasteiger partial charge in [0.25, 0.3) is 0 Å². The normalized spacial score (nSPS) is 11.7. The van der Waals surface area contributed by atoms with Crippen molar-refractivity contribution in [1.29, 1.82) is 0 Å². The second kappa shape index (κ2) is 7.24. The van der Waals surface area contributed by atoms with Gasteiger partial charge in [-0.25, -0.2) is 9.59 Å². The third-order valence-corrected chi connectivity index (χ3v) is 3.46. The number of hydrogen-bond acceptors (Lipinski definition) is 4. The van der Waals surface area contributed by atoms with Gasteiger partial charge in [0.05, 0.1) is 9.50 Å². The minimum atomic E-state index is -1.06. The number of carbonyl (C=O) groups is 2. The minimum absolute atomic E-state index is 0.165. The molecule has 0 spiro atoms. The number of hydrogen-bond donors (Lipinski definition) is 0. The summed E-state index contributed by atoms with van der Waals surface area (Å²) in [6, 6.07) is 3.26. The van der Waals surface area contributed by atoms with Crippen molar-refractivity contribution >= 4 is 55.4 Å². The van der Waals surface area contributed by atoms with Crippen LogP contribution in [0.3, 0.4) is 0 Å². The predicted molar refractivity (Wildman–Crippen MR) is 82.9 cm³/mol.